The Morgan fingerprint density at radius 3 is 2.71 bits per heavy atom. The van der Waals surface area contributed by atoms with Crippen molar-refractivity contribution in [3.63, 3.8) is 0 Å². The lowest BCUT2D eigenvalue weighted by Gasteiger charge is -2.40. The van der Waals surface area contributed by atoms with Crippen LogP contribution in [0.2, 0.25) is 0 Å². The highest BCUT2D eigenvalue weighted by Gasteiger charge is 2.27. The summed E-state index contributed by atoms with van der Waals surface area (Å²) >= 11 is 0. The second-order valence-electron chi connectivity index (χ2n) is 5.60. The Morgan fingerprint density at radius 2 is 2.19 bits per heavy atom. The van der Waals surface area contributed by atoms with Gasteiger partial charge in [-0.15, -0.1) is 0 Å². The number of nitro groups is 1. The van der Waals surface area contributed by atoms with Gasteiger partial charge >= 0.3 is 0 Å². The lowest BCUT2D eigenvalue weighted by atomic mass is 10.1. The fraction of sp³-hybridized carbons (Fsp3) is 0.600. The summed E-state index contributed by atoms with van der Waals surface area (Å²) in [6.07, 6.45) is -0.700. The smallest absolute Gasteiger partial charge is 0.292 e. The van der Waals surface area contributed by atoms with Crippen LogP contribution < -0.4 is 4.90 Å². The maximum atomic E-state index is 11.3. The number of nitrogens with zero attached hydrogens (tertiary/aromatic N) is 3. The molecule has 1 N–H and O–H groups in total. The van der Waals surface area contributed by atoms with E-state index >= 15 is 0 Å². The maximum Gasteiger partial charge on any atom is 0.292 e. The second kappa shape index (κ2) is 6.41. The minimum absolute atomic E-state index is 0.0746. The Bertz CT molecular complexity index is 519. The Balaban J connectivity index is 2.29. The van der Waals surface area contributed by atoms with E-state index in [1.54, 1.807) is 19.1 Å². The first-order valence-electron chi connectivity index (χ1n) is 7.39. The van der Waals surface area contributed by atoms with Crippen LogP contribution in [0.25, 0.3) is 0 Å². The van der Waals surface area contributed by atoms with Crippen molar-refractivity contribution in [3.05, 3.63) is 33.9 Å². The first kappa shape index (κ1) is 15.7. The number of piperazine rings is 1. The van der Waals surface area contributed by atoms with Crippen molar-refractivity contribution < 1.29 is 10.0 Å². The van der Waals surface area contributed by atoms with E-state index in [9.17, 15) is 15.2 Å². The maximum absolute atomic E-state index is 11.3. The lowest BCUT2D eigenvalue weighted by Crippen LogP contribution is -2.51. The molecule has 1 saturated heterocycles. The van der Waals surface area contributed by atoms with E-state index in [0.29, 0.717) is 17.3 Å². The van der Waals surface area contributed by atoms with E-state index in [-0.39, 0.29) is 10.6 Å². The van der Waals surface area contributed by atoms with Gasteiger partial charge in [0.05, 0.1) is 11.0 Å². The van der Waals surface area contributed by atoms with Gasteiger partial charge in [0, 0.05) is 31.7 Å². The van der Waals surface area contributed by atoms with Crippen molar-refractivity contribution >= 4 is 11.4 Å². The average molecular weight is 293 g/mol. The molecule has 6 nitrogen and oxygen atoms in total. The van der Waals surface area contributed by atoms with Gasteiger partial charge in [-0.3, -0.25) is 15.0 Å². The molecule has 1 aliphatic rings. The molecule has 1 fully saturated rings. The predicted molar refractivity (Wildman–Crippen MR) is 82.7 cm³/mol. The van der Waals surface area contributed by atoms with Gasteiger partial charge < -0.3 is 10.0 Å². The quantitative estimate of drug-likeness (QED) is 0.680. The number of aliphatic hydroxyl groups is 1. The third-order valence-corrected chi connectivity index (χ3v) is 4.19. The van der Waals surface area contributed by atoms with E-state index in [1.807, 2.05) is 0 Å². The average Bonchev–Trinajstić information content (AvgIpc) is 2.46. The third-order valence-electron chi connectivity index (χ3n) is 4.19. The minimum Gasteiger partial charge on any atom is -0.389 e. The molecule has 1 aliphatic heterocycles. The zero-order valence-corrected chi connectivity index (χ0v) is 12.8. The van der Waals surface area contributed by atoms with E-state index in [1.165, 1.54) is 6.07 Å². The van der Waals surface area contributed by atoms with E-state index in [2.05, 4.69) is 23.6 Å². The van der Waals surface area contributed by atoms with Gasteiger partial charge in [0.2, 0.25) is 0 Å². The monoisotopic (exact) mass is 293 g/mol. The molecule has 1 aromatic carbocycles. The Kier molecular flexibility index (Phi) is 4.80. The second-order valence-corrected chi connectivity index (χ2v) is 5.60. The van der Waals surface area contributed by atoms with Crippen LogP contribution in [0, 0.1) is 10.1 Å². The van der Waals surface area contributed by atoms with Crippen LogP contribution in [0.15, 0.2) is 18.2 Å². The topological polar surface area (TPSA) is 69.8 Å². The van der Waals surface area contributed by atoms with Crippen molar-refractivity contribution in [1.29, 1.82) is 0 Å². The van der Waals surface area contributed by atoms with Crippen LogP contribution in [0.5, 0.6) is 0 Å². The van der Waals surface area contributed by atoms with Gasteiger partial charge in [-0.2, -0.15) is 0 Å². The standard InChI is InChI=1S/C15H23N3O3/c1-4-16-7-8-17(10-11(16)2)14-6-5-13(12(3)19)9-15(14)18(20)21/h5-6,9,11-12,19H,4,7-8,10H2,1-3H3/t11?,12-/m0/s1. The highest BCUT2D eigenvalue weighted by atomic mass is 16.6. The fourth-order valence-corrected chi connectivity index (χ4v) is 2.90. The number of likely N-dealkylation sites (N-methyl/N-ethyl adjacent to an activating group) is 1. The SMILES string of the molecule is CCN1CCN(c2ccc([C@H](C)O)cc2[N+](=O)[O-])CC1C. The van der Waals surface area contributed by atoms with Crippen molar-refractivity contribution in [2.45, 2.75) is 32.9 Å². The molecule has 21 heavy (non-hydrogen) atoms. The fourth-order valence-electron chi connectivity index (χ4n) is 2.90. The van der Waals surface area contributed by atoms with Crippen molar-refractivity contribution in [1.82, 2.24) is 4.90 Å². The summed E-state index contributed by atoms with van der Waals surface area (Å²) < 4.78 is 0. The van der Waals surface area contributed by atoms with Gasteiger partial charge in [-0.05, 0) is 32.0 Å². The van der Waals surface area contributed by atoms with E-state index in [4.69, 9.17) is 0 Å². The van der Waals surface area contributed by atoms with Gasteiger partial charge in [0.15, 0.2) is 0 Å². The molecule has 0 bridgehead atoms. The van der Waals surface area contributed by atoms with Crippen molar-refractivity contribution in [3.8, 4) is 0 Å². The molecule has 0 aliphatic carbocycles. The number of benzene rings is 1. The van der Waals surface area contributed by atoms with E-state index < -0.39 is 6.10 Å². The van der Waals surface area contributed by atoms with Gasteiger partial charge in [0.25, 0.3) is 5.69 Å². The van der Waals surface area contributed by atoms with Gasteiger partial charge in [-0.1, -0.05) is 13.0 Å². The van der Waals surface area contributed by atoms with Gasteiger partial charge in [-0.25, -0.2) is 0 Å². The molecule has 2 atom stereocenters. The minimum atomic E-state index is -0.700. The largest absolute Gasteiger partial charge is 0.389 e. The van der Waals surface area contributed by atoms with Crippen LogP contribution in [0.3, 0.4) is 0 Å². The molecule has 0 saturated carbocycles. The van der Waals surface area contributed by atoms with Gasteiger partial charge in [0.1, 0.15) is 5.69 Å². The van der Waals surface area contributed by atoms with Crippen molar-refractivity contribution in [2.75, 3.05) is 31.1 Å². The molecule has 6 heteroatoms. The molecular weight excluding hydrogens is 270 g/mol. The molecule has 1 unspecified atom stereocenters. The third kappa shape index (κ3) is 3.33. The highest BCUT2D eigenvalue weighted by molar-refractivity contribution is 5.65. The predicted octanol–water partition coefficient (Wildman–Crippen LogP) is 2.18. The number of hydrogen-bond acceptors (Lipinski definition) is 5. The zero-order valence-electron chi connectivity index (χ0n) is 12.8. The molecule has 0 amide bonds. The Hall–Kier alpha value is -1.66. The van der Waals surface area contributed by atoms with Crippen LogP contribution in [-0.4, -0.2) is 47.2 Å². The number of rotatable bonds is 4. The molecule has 0 spiro atoms. The summed E-state index contributed by atoms with van der Waals surface area (Å²) in [5.74, 6) is 0. The van der Waals surface area contributed by atoms with Crippen LogP contribution >= 0.6 is 0 Å². The summed E-state index contributed by atoms with van der Waals surface area (Å²) in [5, 5.41) is 20.9. The lowest BCUT2D eigenvalue weighted by molar-refractivity contribution is -0.384. The first-order valence-corrected chi connectivity index (χ1v) is 7.39. The zero-order chi connectivity index (χ0) is 15.6. The molecule has 2 rings (SSSR count). The number of aliphatic hydroxyl groups excluding tert-OH is 1. The van der Waals surface area contributed by atoms with Crippen LogP contribution in [-0.2, 0) is 0 Å². The molecule has 1 heterocycles. The van der Waals surface area contributed by atoms with Crippen LogP contribution in [0.4, 0.5) is 11.4 Å². The molecule has 0 radical (unpaired) electrons. The summed E-state index contributed by atoms with van der Waals surface area (Å²) in [6, 6.07) is 5.38. The number of hydrogen-bond donors (Lipinski definition) is 1. The van der Waals surface area contributed by atoms with Crippen LogP contribution in [0.1, 0.15) is 32.4 Å². The molecular formula is C15H23N3O3. The Labute approximate surface area is 125 Å². The first-order chi connectivity index (χ1) is 9.93. The summed E-state index contributed by atoms with van der Waals surface area (Å²) in [5.41, 5.74) is 1.29. The highest BCUT2D eigenvalue weighted by Crippen LogP contribution is 2.32. The number of nitro benzene ring substituents is 1. The molecule has 116 valence electrons. The summed E-state index contributed by atoms with van der Waals surface area (Å²) in [7, 11) is 0. The molecule has 1 aromatic rings. The summed E-state index contributed by atoms with van der Waals surface area (Å²) in [4.78, 5) is 15.4. The normalized spacial score (nSPS) is 21.3. The molecule has 0 aromatic heterocycles. The Morgan fingerprint density at radius 1 is 1.48 bits per heavy atom. The van der Waals surface area contributed by atoms with Crippen molar-refractivity contribution in [2.24, 2.45) is 0 Å². The summed E-state index contributed by atoms with van der Waals surface area (Å²) in [6.45, 7) is 9.36. The van der Waals surface area contributed by atoms with E-state index in [0.717, 1.165) is 26.2 Å². The number of anilines is 1.